The summed E-state index contributed by atoms with van der Waals surface area (Å²) in [7, 11) is 0. The summed E-state index contributed by atoms with van der Waals surface area (Å²) in [5.41, 5.74) is 2.86. The Hall–Kier alpha value is -0.250. The van der Waals surface area contributed by atoms with Gasteiger partial charge in [0.05, 0.1) is 5.41 Å². The molecule has 0 saturated heterocycles. The highest BCUT2D eigenvalue weighted by molar-refractivity contribution is 5.14. The highest BCUT2D eigenvalue weighted by Crippen LogP contribution is 2.70. The largest absolute Gasteiger partial charge is 0.396 e. The maximum atomic E-state index is 12.3. The average molecular weight is 167 g/mol. The third-order valence-corrected chi connectivity index (χ3v) is 2.81. The predicted molar refractivity (Wildman–Crippen MR) is 35.9 cm³/mol. The Bertz CT molecular complexity index is 173. The maximum absolute atomic E-state index is 12.3. The van der Waals surface area contributed by atoms with Crippen molar-refractivity contribution in [1.82, 2.24) is 0 Å². The molecule has 1 fully saturated rings. The van der Waals surface area contributed by atoms with Crippen molar-refractivity contribution >= 4 is 0 Å². The quantitative estimate of drug-likeness (QED) is 0.634. The van der Waals surface area contributed by atoms with Gasteiger partial charge in [0.25, 0.3) is 0 Å². The molecule has 0 amide bonds. The van der Waals surface area contributed by atoms with Gasteiger partial charge in [-0.3, -0.25) is 0 Å². The van der Waals surface area contributed by atoms with Gasteiger partial charge >= 0.3 is 6.18 Å². The van der Waals surface area contributed by atoms with E-state index in [2.05, 4.69) is 0 Å². The van der Waals surface area contributed by atoms with Gasteiger partial charge in [0, 0.05) is 6.54 Å². The minimum absolute atomic E-state index is 0.167. The van der Waals surface area contributed by atoms with Crippen molar-refractivity contribution in [3.63, 3.8) is 0 Å². The van der Waals surface area contributed by atoms with Crippen LogP contribution in [0.4, 0.5) is 13.2 Å². The zero-order chi connectivity index (χ0) is 8.91. The van der Waals surface area contributed by atoms with E-state index in [1.54, 1.807) is 13.8 Å². The van der Waals surface area contributed by atoms with Crippen LogP contribution in [0.1, 0.15) is 20.3 Å². The number of halogens is 3. The molecule has 0 spiro atoms. The second-order valence-corrected chi connectivity index (χ2v) is 3.84. The molecule has 11 heavy (non-hydrogen) atoms. The van der Waals surface area contributed by atoms with Crippen LogP contribution in [0.5, 0.6) is 0 Å². The fourth-order valence-electron chi connectivity index (χ4n) is 1.66. The molecule has 2 N–H and O–H groups in total. The van der Waals surface area contributed by atoms with Gasteiger partial charge in [-0.15, -0.1) is 0 Å². The van der Waals surface area contributed by atoms with E-state index in [1.165, 1.54) is 0 Å². The van der Waals surface area contributed by atoms with Crippen LogP contribution in [0.3, 0.4) is 0 Å². The lowest BCUT2D eigenvalue weighted by Gasteiger charge is -2.21. The van der Waals surface area contributed by atoms with E-state index in [0.29, 0.717) is 0 Å². The first-order chi connectivity index (χ1) is 4.77. The Morgan fingerprint density at radius 3 is 1.73 bits per heavy atom. The molecule has 66 valence electrons. The molecule has 0 radical (unpaired) electrons. The van der Waals surface area contributed by atoms with Gasteiger partial charge < -0.3 is 5.73 Å². The molecule has 1 aliphatic rings. The van der Waals surface area contributed by atoms with Crippen molar-refractivity contribution in [2.45, 2.75) is 26.4 Å². The number of nitrogens with two attached hydrogens (primary N) is 1. The summed E-state index contributed by atoms with van der Waals surface area (Å²) in [6, 6.07) is 0. The van der Waals surface area contributed by atoms with Gasteiger partial charge in [-0.05, 0) is 11.8 Å². The average Bonchev–Trinajstić information content (AvgIpc) is 2.33. The van der Waals surface area contributed by atoms with Gasteiger partial charge in [-0.2, -0.15) is 13.2 Å². The summed E-state index contributed by atoms with van der Waals surface area (Å²) in [4.78, 5) is 0. The Morgan fingerprint density at radius 1 is 1.36 bits per heavy atom. The molecular weight excluding hydrogens is 155 g/mol. The lowest BCUT2D eigenvalue weighted by atomic mass is 9.95. The standard InChI is InChI=1S/C7H12F3N/c1-5(2)3-6(5,4-11)7(8,9)10/h3-4,11H2,1-2H3. The summed E-state index contributed by atoms with van der Waals surface area (Å²) < 4.78 is 36.9. The molecule has 0 aromatic carbocycles. The van der Waals surface area contributed by atoms with Crippen LogP contribution < -0.4 is 5.73 Å². The van der Waals surface area contributed by atoms with Crippen LogP contribution >= 0.6 is 0 Å². The molecule has 0 bridgehead atoms. The molecule has 1 atom stereocenters. The van der Waals surface area contributed by atoms with E-state index < -0.39 is 17.0 Å². The number of hydrogen-bond acceptors (Lipinski definition) is 1. The van der Waals surface area contributed by atoms with Gasteiger partial charge in [-0.25, -0.2) is 0 Å². The molecule has 0 aromatic rings. The number of hydrogen-bond donors (Lipinski definition) is 1. The molecular formula is C7H12F3N. The Labute approximate surface area is 63.8 Å². The minimum atomic E-state index is -4.13. The van der Waals surface area contributed by atoms with E-state index in [1.807, 2.05) is 0 Å². The first kappa shape index (κ1) is 8.84. The zero-order valence-corrected chi connectivity index (χ0v) is 6.63. The predicted octanol–water partition coefficient (Wildman–Crippen LogP) is 1.92. The minimum Gasteiger partial charge on any atom is -0.330 e. The van der Waals surface area contributed by atoms with Crippen molar-refractivity contribution in [2.75, 3.05) is 6.54 Å². The second-order valence-electron chi connectivity index (χ2n) is 3.84. The molecule has 1 unspecified atom stereocenters. The first-order valence-corrected chi connectivity index (χ1v) is 3.54. The third-order valence-electron chi connectivity index (χ3n) is 2.81. The van der Waals surface area contributed by atoms with Crippen molar-refractivity contribution in [2.24, 2.45) is 16.6 Å². The molecule has 1 nitrogen and oxygen atoms in total. The summed E-state index contributed by atoms with van der Waals surface area (Å²) in [5, 5.41) is 0. The van der Waals surface area contributed by atoms with Crippen LogP contribution in [-0.4, -0.2) is 12.7 Å². The normalized spacial score (nSPS) is 35.5. The maximum Gasteiger partial charge on any atom is 0.396 e. The van der Waals surface area contributed by atoms with Crippen molar-refractivity contribution < 1.29 is 13.2 Å². The van der Waals surface area contributed by atoms with Crippen LogP contribution in [0.2, 0.25) is 0 Å². The van der Waals surface area contributed by atoms with Crippen molar-refractivity contribution in [3.8, 4) is 0 Å². The van der Waals surface area contributed by atoms with Gasteiger partial charge in [0.1, 0.15) is 0 Å². The van der Waals surface area contributed by atoms with Crippen LogP contribution in [0, 0.1) is 10.8 Å². The van der Waals surface area contributed by atoms with Gasteiger partial charge in [0.15, 0.2) is 0 Å². The van der Waals surface area contributed by atoms with E-state index in [-0.39, 0.29) is 13.0 Å². The molecule has 0 aliphatic heterocycles. The SMILES string of the molecule is CC1(C)CC1(CN)C(F)(F)F. The molecule has 1 saturated carbocycles. The second kappa shape index (κ2) is 1.91. The van der Waals surface area contributed by atoms with Crippen molar-refractivity contribution in [1.29, 1.82) is 0 Å². The van der Waals surface area contributed by atoms with Gasteiger partial charge in [0.2, 0.25) is 0 Å². The summed E-state index contributed by atoms with van der Waals surface area (Å²) >= 11 is 0. The molecule has 4 heteroatoms. The first-order valence-electron chi connectivity index (χ1n) is 3.54. The fourth-order valence-corrected chi connectivity index (χ4v) is 1.66. The Kier molecular flexibility index (Phi) is 1.54. The van der Waals surface area contributed by atoms with Crippen LogP contribution in [0.15, 0.2) is 0 Å². The van der Waals surface area contributed by atoms with E-state index in [0.717, 1.165) is 0 Å². The van der Waals surface area contributed by atoms with Crippen LogP contribution in [0.25, 0.3) is 0 Å². The monoisotopic (exact) mass is 167 g/mol. The highest BCUT2D eigenvalue weighted by Gasteiger charge is 2.74. The molecule has 0 aromatic heterocycles. The lowest BCUT2D eigenvalue weighted by Crippen LogP contribution is -2.36. The van der Waals surface area contributed by atoms with E-state index in [9.17, 15) is 13.2 Å². The summed E-state index contributed by atoms with van der Waals surface area (Å²) in [6.45, 7) is 2.92. The zero-order valence-electron chi connectivity index (χ0n) is 6.63. The van der Waals surface area contributed by atoms with Gasteiger partial charge in [-0.1, -0.05) is 13.8 Å². The summed E-state index contributed by atoms with van der Waals surface area (Å²) in [5.74, 6) is 0. The fraction of sp³-hybridized carbons (Fsp3) is 1.00. The summed E-state index contributed by atoms with van der Waals surface area (Å²) in [6.07, 6.45) is -3.97. The number of rotatable bonds is 1. The smallest absolute Gasteiger partial charge is 0.330 e. The van der Waals surface area contributed by atoms with E-state index in [4.69, 9.17) is 5.73 Å². The van der Waals surface area contributed by atoms with Crippen LogP contribution in [-0.2, 0) is 0 Å². The molecule has 0 heterocycles. The molecule has 1 aliphatic carbocycles. The topological polar surface area (TPSA) is 26.0 Å². The van der Waals surface area contributed by atoms with E-state index >= 15 is 0 Å². The highest BCUT2D eigenvalue weighted by atomic mass is 19.4. The third kappa shape index (κ3) is 0.956. The Balaban J connectivity index is 2.84. The molecule has 1 rings (SSSR count). The lowest BCUT2D eigenvalue weighted by molar-refractivity contribution is -0.193. The van der Waals surface area contributed by atoms with Crippen molar-refractivity contribution in [3.05, 3.63) is 0 Å². The Morgan fingerprint density at radius 2 is 1.73 bits per heavy atom. The number of alkyl halides is 3.